The van der Waals surface area contributed by atoms with E-state index in [4.69, 9.17) is 0 Å². The molecular weight excluding hydrogens is 284 g/mol. The Morgan fingerprint density at radius 3 is 2.14 bits per heavy atom. The molecule has 1 unspecified atom stereocenters. The van der Waals surface area contributed by atoms with Crippen LogP contribution in [0.4, 0.5) is 10.5 Å². The molecule has 0 aliphatic carbocycles. The van der Waals surface area contributed by atoms with Crippen LogP contribution in [0.2, 0.25) is 0 Å². The molecule has 1 rings (SSSR count). The molecule has 2 N–H and O–H groups in total. The van der Waals surface area contributed by atoms with Gasteiger partial charge >= 0.3 is 12.1 Å². The van der Waals surface area contributed by atoms with E-state index in [0.29, 0.717) is 13.0 Å². The van der Waals surface area contributed by atoms with Gasteiger partial charge in [0.25, 0.3) is 0 Å². The van der Waals surface area contributed by atoms with Gasteiger partial charge in [0.1, 0.15) is 6.04 Å². The Balaban J connectivity index is 2.75. The molecule has 0 radical (unpaired) electrons. The molecule has 0 bridgehead atoms. The van der Waals surface area contributed by atoms with Crippen LogP contribution >= 0.6 is 0 Å². The monoisotopic (exact) mass is 308 g/mol. The fourth-order valence-electron chi connectivity index (χ4n) is 2.26. The normalized spacial score (nSPS) is 12.0. The summed E-state index contributed by atoms with van der Waals surface area (Å²) in [6.45, 7) is 4.33. The van der Waals surface area contributed by atoms with Gasteiger partial charge in [-0.15, -0.1) is 0 Å². The van der Waals surface area contributed by atoms with E-state index in [0.717, 1.165) is 10.6 Å². The number of nitrogens with zero attached hydrogens (tertiary/aromatic N) is 2. The summed E-state index contributed by atoms with van der Waals surface area (Å²) in [5.74, 6) is -0.992. The molecule has 0 saturated heterocycles. The van der Waals surface area contributed by atoms with Crippen molar-refractivity contribution in [2.24, 2.45) is 5.92 Å². The topological polar surface area (TPSA) is 81.1 Å². The van der Waals surface area contributed by atoms with Crippen LogP contribution in [-0.4, -0.2) is 53.4 Å². The summed E-state index contributed by atoms with van der Waals surface area (Å²) < 4.78 is 0. The molecule has 1 atom stereocenters. The third-order valence-corrected chi connectivity index (χ3v) is 3.47. The van der Waals surface area contributed by atoms with Gasteiger partial charge < -0.3 is 15.1 Å². The molecule has 122 valence electrons. The summed E-state index contributed by atoms with van der Waals surface area (Å²) >= 11 is 0. The Morgan fingerprint density at radius 2 is 1.68 bits per heavy atom. The van der Waals surface area contributed by atoms with E-state index in [1.165, 1.54) is 0 Å². The van der Waals surface area contributed by atoms with Crippen molar-refractivity contribution in [2.75, 3.05) is 25.0 Å². The van der Waals surface area contributed by atoms with Crippen LogP contribution in [0.25, 0.3) is 0 Å². The van der Waals surface area contributed by atoms with Crippen LogP contribution < -0.4 is 4.90 Å². The molecule has 0 heterocycles. The minimum absolute atomic E-state index is 0.106. The second kappa shape index (κ2) is 8.26. The van der Waals surface area contributed by atoms with Gasteiger partial charge in [-0.3, -0.25) is 4.90 Å². The molecule has 1 aromatic carbocycles. The number of rotatable bonds is 8. The maximum absolute atomic E-state index is 11.4. The van der Waals surface area contributed by atoms with E-state index in [1.807, 2.05) is 56.1 Å². The quantitative estimate of drug-likeness (QED) is 0.771. The number of carboxylic acid groups (broad SMARTS) is 2. The predicted molar refractivity (Wildman–Crippen MR) is 85.3 cm³/mol. The van der Waals surface area contributed by atoms with Crippen molar-refractivity contribution in [3.8, 4) is 0 Å². The van der Waals surface area contributed by atoms with E-state index in [9.17, 15) is 19.8 Å². The summed E-state index contributed by atoms with van der Waals surface area (Å²) in [5.41, 5.74) is 0.962. The number of carbonyl (C=O) groups is 2. The van der Waals surface area contributed by atoms with Crippen molar-refractivity contribution in [1.82, 2.24) is 4.90 Å². The van der Waals surface area contributed by atoms with Crippen molar-refractivity contribution < 1.29 is 19.8 Å². The SMILES string of the molecule is CC(C)CC(C(=O)O)N(CCN(C)c1ccccc1)C(=O)O. The minimum atomic E-state index is -1.20. The average Bonchev–Trinajstić information content (AvgIpc) is 2.46. The van der Waals surface area contributed by atoms with Gasteiger partial charge in [-0.1, -0.05) is 32.0 Å². The zero-order chi connectivity index (χ0) is 16.7. The Morgan fingerprint density at radius 1 is 1.09 bits per heavy atom. The predicted octanol–water partition coefficient (Wildman–Crippen LogP) is 2.60. The largest absolute Gasteiger partial charge is 0.480 e. The van der Waals surface area contributed by atoms with Crippen LogP contribution in [-0.2, 0) is 4.79 Å². The second-order valence-corrected chi connectivity index (χ2v) is 5.72. The number of anilines is 1. The van der Waals surface area contributed by atoms with Crippen molar-refractivity contribution >= 4 is 17.7 Å². The van der Waals surface area contributed by atoms with Crippen LogP contribution in [0.1, 0.15) is 20.3 Å². The summed E-state index contributed by atoms with van der Waals surface area (Å²) in [4.78, 5) is 25.7. The lowest BCUT2D eigenvalue weighted by Gasteiger charge is -2.29. The number of hydrogen-bond donors (Lipinski definition) is 2. The van der Waals surface area contributed by atoms with Crippen molar-refractivity contribution in [3.05, 3.63) is 30.3 Å². The molecule has 6 nitrogen and oxygen atoms in total. The fraction of sp³-hybridized carbons (Fsp3) is 0.500. The molecule has 1 aromatic rings. The number of likely N-dealkylation sites (N-methyl/N-ethyl adjacent to an activating group) is 1. The van der Waals surface area contributed by atoms with Crippen LogP contribution in [0.3, 0.4) is 0 Å². The van der Waals surface area contributed by atoms with E-state index < -0.39 is 18.1 Å². The van der Waals surface area contributed by atoms with Gasteiger partial charge in [-0.25, -0.2) is 9.59 Å². The van der Waals surface area contributed by atoms with Gasteiger partial charge in [0.05, 0.1) is 0 Å². The Labute approximate surface area is 131 Å². The van der Waals surface area contributed by atoms with Crippen LogP contribution in [0.15, 0.2) is 30.3 Å². The van der Waals surface area contributed by atoms with E-state index in [1.54, 1.807) is 0 Å². The average molecular weight is 308 g/mol. The lowest BCUT2D eigenvalue weighted by Crippen LogP contribution is -2.48. The van der Waals surface area contributed by atoms with Crippen LogP contribution in [0.5, 0.6) is 0 Å². The number of benzene rings is 1. The first kappa shape index (κ1) is 17.8. The Bertz CT molecular complexity index is 490. The first-order valence-electron chi connectivity index (χ1n) is 7.31. The Hall–Kier alpha value is -2.24. The first-order chi connectivity index (χ1) is 10.3. The molecular formula is C16H24N2O4. The summed E-state index contributed by atoms with van der Waals surface area (Å²) in [6.07, 6.45) is -0.897. The van der Waals surface area contributed by atoms with Gasteiger partial charge in [-0.2, -0.15) is 0 Å². The molecule has 0 saturated carbocycles. The van der Waals surface area contributed by atoms with Gasteiger partial charge in [0.15, 0.2) is 0 Å². The van der Waals surface area contributed by atoms with E-state index in [-0.39, 0.29) is 12.5 Å². The zero-order valence-electron chi connectivity index (χ0n) is 13.3. The van der Waals surface area contributed by atoms with Gasteiger partial charge in [0, 0.05) is 25.8 Å². The maximum atomic E-state index is 11.4. The molecule has 6 heteroatoms. The van der Waals surface area contributed by atoms with Crippen molar-refractivity contribution in [1.29, 1.82) is 0 Å². The molecule has 0 aliphatic heterocycles. The van der Waals surface area contributed by atoms with Gasteiger partial charge in [-0.05, 0) is 24.5 Å². The fourth-order valence-corrected chi connectivity index (χ4v) is 2.26. The standard InChI is InChI=1S/C16H24N2O4/c1-12(2)11-14(15(19)20)18(16(21)22)10-9-17(3)13-7-5-4-6-8-13/h4-8,12,14H,9-11H2,1-3H3,(H,19,20)(H,21,22). The second-order valence-electron chi connectivity index (χ2n) is 5.72. The first-order valence-corrected chi connectivity index (χ1v) is 7.31. The van der Waals surface area contributed by atoms with Crippen LogP contribution in [0, 0.1) is 5.92 Å². The number of carboxylic acids is 1. The highest BCUT2D eigenvalue weighted by atomic mass is 16.4. The number of amides is 1. The molecule has 1 amide bonds. The third-order valence-electron chi connectivity index (χ3n) is 3.47. The molecule has 0 aromatic heterocycles. The number of aliphatic carboxylic acids is 1. The summed E-state index contributed by atoms with van der Waals surface area (Å²) in [6, 6.07) is 8.55. The highest BCUT2D eigenvalue weighted by Gasteiger charge is 2.30. The molecule has 22 heavy (non-hydrogen) atoms. The van der Waals surface area contributed by atoms with Gasteiger partial charge in [0.2, 0.25) is 0 Å². The zero-order valence-corrected chi connectivity index (χ0v) is 13.3. The van der Waals surface area contributed by atoms with Crippen molar-refractivity contribution in [2.45, 2.75) is 26.3 Å². The van der Waals surface area contributed by atoms with Crippen molar-refractivity contribution in [3.63, 3.8) is 0 Å². The molecule has 0 fully saturated rings. The third kappa shape index (κ3) is 5.27. The van der Waals surface area contributed by atoms with E-state index >= 15 is 0 Å². The lowest BCUT2D eigenvalue weighted by atomic mass is 10.0. The summed E-state index contributed by atoms with van der Waals surface area (Å²) in [5, 5.41) is 18.6. The van der Waals surface area contributed by atoms with E-state index in [2.05, 4.69) is 0 Å². The number of para-hydroxylation sites is 1. The molecule has 0 spiro atoms. The maximum Gasteiger partial charge on any atom is 0.408 e. The lowest BCUT2D eigenvalue weighted by molar-refractivity contribution is -0.143. The number of hydrogen-bond acceptors (Lipinski definition) is 3. The highest BCUT2D eigenvalue weighted by Crippen LogP contribution is 2.14. The highest BCUT2D eigenvalue weighted by molar-refractivity contribution is 5.79. The summed E-state index contributed by atoms with van der Waals surface area (Å²) in [7, 11) is 1.85. The smallest absolute Gasteiger partial charge is 0.408 e. The molecule has 0 aliphatic rings. The minimum Gasteiger partial charge on any atom is -0.480 e. The Kier molecular flexibility index (Phi) is 6.69.